The van der Waals surface area contributed by atoms with Crippen molar-refractivity contribution in [2.75, 3.05) is 24.1 Å². The molecule has 286 valence electrons. The van der Waals surface area contributed by atoms with Crippen LogP contribution in [-0.2, 0) is 14.4 Å². The highest BCUT2D eigenvalue weighted by Gasteiger charge is 2.39. The Morgan fingerprint density at radius 2 is 1.40 bits per heavy atom. The maximum atomic E-state index is 10.6. The predicted molar refractivity (Wildman–Crippen MR) is 164 cm³/mol. The highest BCUT2D eigenvalue weighted by atomic mass is 19.4. The number of carboxylic acids is 3. The van der Waals surface area contributed by atoms with E-state index in [2.05, 4.69) is 50.4 Å². The summed E-state index contributed by atoms with van der Waals surface area (Å²) in [7, 11) is 0. The van der Waals surface area contributed by atoms with Gasteiger partial charge in [-0.1, -0.05) is 0 Å². The Labute approximate surface area is 286 Å². The van der Waals surface area contributed by atoms with E-state index in [1.54, 1.807) is 6.20 Å². The Kier molecular flexibility index (Phi) is 14.4. The number of piperidine rings is 1. The number of nitrogens with two attached hydrogens (primary N) is 1. The van der Waals surface area contributed by atoms with Crippen LogP contribution in [0.5, 0.6) is 0 Å². The molecular weight excluding hydrogens is 729 g/mol. The average Bonchev–Trinajstić information content (AvgIpc) is 3.69. The number of pyridine rings is 1. The second-order valence-electron chi connectivity index (χ2n) is 10.8. The summed E-state index contributed by atoms with van der Waals surface area (Å²) in [5.74, 6) is -7.41. The van der Waals surface area contributed by atoms with Crippen molar-refractivity contribution in [2.45, 2.75) is 57.3 Å². The van der Waals surface area contributed by atoms with Gasteiger partial charge in [0, 0.05) is 35.2 Å². The normalized spacial score (nSPS) is 13.5. The van der Waals surface area contributed by atoms with Crippen LogP contribution in [0.1, 0.15) is 32.7 Å². The number of fused-ring (bicyclic) bond motifs is 1. The van der Waals surface area contributed by atoms with Gasteiger partial charge in [0.15, 0.2) is 5.58 Å². The molecule has 0 amide bonds. The van der Waals surface area contributed by atoms with Gasteiger partial charge in [0.2, 0.25) is 5.89 Å². The summed E-state index contributed by atoms with van der Waals surface area (Å²) < 4.78 is 103. The van der Waals surface area contributed by atoms with Crippen LogP contribution in [0.4, 0.5) is 51.0 Å². The number of oxazole rings is 1. The summed E-state index contributed by atoms with van der Waals surface area (Å²) in [6.45, 7) is 6.26. The fourth-order valence-electron chi connectivity index (χ4n) is 4.03. The third kappa shape index (κ3) is 13.3. The van der Waals surface area contributed by atoms with Crippen molar-refractivity contribution in [3.63, 3.8) is 0 Å². The van der Waals surface area contributed by atoms with E-state index < -0.39 is 36.4 Å². The molecule has 0 atom stereocenters. The van der Waals surface area contributed by atoms with Crippen LogP contribution in [0.15, 0.2) is 47.3 Å². The number of aromatic nitrogens is 4. The number of anilines is 2. The van der Waals surface area contributed by atoms with Gasteiger partial charge in [0.1, 0.15) is 11.3 Å². The molecule has 23 heteroatoms. The van der Waals surface area contributed by atoms with Crippen molar-refractivity contribution in [1.82, 2.24) is 25.1 Å². The zero-order valence-electron chi connectivity index (χ0n) is 26.8. The lowest BCUT2D eigenvalue weighted by Crippen LogP contribution is -2.29. The number of halogens is 9. The van der Waals surface area contributed by atoms with Crippen LogP contribution in [0.2, 0.25) is 0 Å². The Morgan fingerprint density at radius 3 is 1.88 bits per heavy atom. The lowest BCUT2D eigenvalue weighted by molar-refractivity contribution is -0.193. The van der Waals surface area contributed by atoms with E-state index in [4.69, 9.17) is 39.9 Å². The molecule has 5 rings (SSSR count). The smallest absolute Gasteiger partial charge is 0.475 e. The molecule has 4 heterocycles. The minimum atomic E-state index is -5.08. The molecule has 0 unspecified atom stereocenters. The second-order valence-corrected chi connectivity index (χ2v) is 10.8. The number of alkyl halides is 9. The zero-order chi connectivity index (χ0) is 39.6. The maximum absolute atomic E-state index is 10.6. The van der Waals surface area contributed by atoms with Gasteiger partial charge in [-0.3, -0.25) is 4.68 Å². The highest BCUT2D eigenvalue weighted by molar-refractivity contribution is 5.83. The number of carbonyl (C=O) groups is 3. The topological polar surface area (TPSA) is 219 Å². The SMILES string of the molecule is CC(C)Nc1ccc2oc(-c3cc(-c4cnn(C5CCNCC5)c4)cnc3N)nc2c1.O=C(O)C(F)(F)F.O=C(O)C(F)(F)F.O=C(O)C(F)(F)F. The zero-order valence-corrected chi connectivity index (χ0v) is 26.8. The number of hydrogen-bond donors (Lipinski definition) is 6. The third-order valence-electron chi connectivity index (χ3n) is 6.34. The summed E-state index contributed by atoms with van der Waals surface area (Å²) in [4.78, 5) is 35.8. The number of carboxylic acid groups (broad SMARTS) is 3. The van der Waals surface area contributed by atoms with Gasteiger partial charge < -0.3 is 36.1 Å². The van der Waals surface area contributed by atoms with Crippen LogP contribution < -0.4 is 16.4 Å². The van der Waals surface area contributed by atoms with Crippen LogP contribution in [-0.4, -0.2) is 90.6 Å². The number of benzene rings is 1. The molecule has 0 radical (unpaired) electrons. The van der Waals surface area contributed by atoms with Crippen molar-refractivity contribution in [3.8, 4) is 22.6 Å². The van der Waals surface area contributed by atoms with Crippen LogP contribution in [0.3, 0.4) is 0 Å². The van der Waals surface area contributed by atoms with E-state index >= 15 is 0 Å². The summed E-state index contributed by atoms with van der Waals surface area (Å²) >= 11 is 0. The molecule has 1 saturated heterocycles. The molecular formula is C29H30F9N7O7. The van der Waals surface area contributed by atoms with Crippen LogP contribution >= 0.6 is 0 Å². The van der Waals surface area contributed by atoms with Crippen LogP contribution in [0, 0.1) is 0 Å². The Bertz CT molecular complexity index is 1760. The quantitative estimate of drug-likeness (QED) is 0.129. The molecule has 3 aromatic heterocycles. The highest BCUT2D eigenvalue weighted by Crippen LogP contribution is 2.32. The fourth-order valence-corrected chi connectivity index (χ4v) is 4.03. The van der Waals surface area contributed by atoms with Gasteiger partial charge in [0.25, 0.3) is 0 Å². The molecule has 52 heavy (non-hydrogen) atoms. The van der Waals surface area contributed by atoms with Crippen molar-refractivity contribution in [2.24, 2.45) is 0 Å². The first-order valence-electron chi connectivity index (χ1n) is 14.5. The largest absolute Gasteiger partial charge is 0.490 e. The molecule has 1 aromatic carbocycles. The maximum Gasteiger partial charge on any atom is 0.490 e. The molecule has 0 saturated carbocycles. The van der Waals surface area contributed by atoms with Gasteiger partial charge >= 0.3 is 36.4 Å². The van der Waals surface area contributed by atoms with Gasteiger partial charge in [-0.2, -0.15) is 44.6 Å². The Balaban J connectivity index is 0.000000365. The molecule has 1 aliphatic heterocycles. The van der Waals surface area contributed by atoms with Crippen molar-refractivity contribution in [1.29, 1.82) is 0 Å². The molecule has 1 fully saturated rings. The minimum absolute atomic E-state index is 0.339. The second kappa shape index (κ2) is 17.5. The lowest BCUT2D eigenvalue weighted by atomic mass is 10.1. The standard InChI is InChI=1S/C23H27N7O.3C2HF3O2/c1-14(2)28-17-3-4-21-20(10-17)29-23(31-21)19-9-15(11-26-22(19)24)16-12-27-30(13-16)18-5-7-25-8-6-18;3*3-2(4,5)1(6)7/h3-4,9-14,18,25,28H,5-8H2,1-2H3,(H2,24,26);3*(H,6,7). The third-order valence-corrected chi connectivity index (χ3v) is 6.34. The molecule has 4 aromatic rings. The summed E-state index contributed by atoms with van der Waals surface area (Å²) in [6.07, 6.45) is -7.33. The fraction of sp³-hybridized carbons (Fsp3) is 0.379. The van der Waals surface area contributed by atoms with E-state index in [-0.39, 0.29) is 0 Å². The van der Waals surface area contributed by atoms with Crippen molar-refractivity contribution >= 4 is 40.5 Å². The minimum Gasteiger partial charge on any atom is -0.475 e. The number of nitrogens with zero attached hydrogens (tertiary/aromatic N) is 4. The van der Waals surface area contributed by atoms with Gasteiger partial charge in [-0.25, -0.2) is 24.4 Å². The van der Waals surface area contributed by atoms with Gasteiger partial charge in [0.05, 0.1) is 17.8 Å². The van der Waals surface area contributed by atoms with E-state index in [9.17, 15) is 39.5 Å². The first-order valence-corrected chi connectivity index (χ1v) is 14.5. The molecule has 1 aliphatic rings. The summed E-state index contributed by atoms with van der Waals surface area (Å²) in [5, 5.41) is 32.7. The molecule has 0 spiro atoms. The summed E-state index contributed by atoms with van der Waals surface area (Å²) in [5.41, 5.74) is 11.3. The molecule has 0 aliphatic carbocycles. The van der Waals surface area contributed by atoms with Gasteiger partial charge in [-0.05, 0) is 64.0 Å². The lowest BCUT2D eigenvalue weighted by Gasteiger charge is -2.22. The van der Waals surface area contributed by atoms with E-state index in [0.29, 0.717) is 34.9 Å². The van der Waals surface area contributed by atoms with Crippen molar-refractivity contribution in [3.05, 3.63) is 42.9 Å². The molecule has 14 nitrogen and oxygen atoms in total. The first kappa shape index (κ1) is 42.6. The predicted octanol–water partition coefficient (Wildman–Crippen LogP) is 5.98. The molecule has 7 N–H and O–H groups in total. The molecule has 0 bridgehead atoms. The van der Waals surface area contributed by atoms with Crippen molar-refractivity contribution < 1.29 is 73.6 Å². The number of nitrogens with one attached hydrogen (secondary N) is 2. The van der Waals surface area contributed by atoms with Gasteiger partial charge in [-0.15, -0.1) is 0 Å². The number of nitrogen functional groups attached to an aromatic ring is 1. The Hall–Kier alpha value is -5.61. The first-order chi connectivity index (χ1) is 23.9. The van der Waals surface area contributed by atoms with E-state index in [1.807, 2.05) is 30.5 Å². The van der Waals surface area contributed by atoms with E-state index in [1.165, 1.54) is 0 Å². The number of rotatable bonds is 5. The monoisotopic (exact) mass is 759 g/mol. The van der Waals surface area contributed by atoms with E-state index in [0.717, 1.165) is 48.3 Å². The summed E-state index contributed by atoms with van der Waals surface area (Å²) in [6, 6.07) is 8.65. The van der Waals surface area contributed by atoms with Crippen LogP contribution in [0.25, 0.3) is 33.7 Å². The number of aliphatic carboxylic acids is 3. The Morgan fingerprint density at radius 1 is 0.885 bits per heavy atom. The average molecular weight is 760 g/mol. The number of hydrogen-bond acceptors (Lipinski definition) is 10.